The van der Waals surface area contributed by atoms with Crippen LogP contribution in [0.2, 0.25) is 0 Å². The van der Waals surface area contributed by atoms with E-state index < -0.39 is 5.97 Å². The molecule has 0 radical (unpaired) electrons. The van der Waals surface area contributed by atoms with Crippen LogP contribution in [0.5, 0.6) is 5.88 Å². The largest absolute Gasteiger partial charge is 0.481 e. The number of nitrogens with zero attached hydrogens (tertiary/aromatic N) is 1. The van der Waals surface area contributed by atoms with Crippen molar-refractivity contribution >= 4 is 11.7 Å². The van der Waals surface area contributed by atoms with Gasteiger partial charge in [0.15, 0.2) is 0 Å². The molecule has 1 aromatic carbocycles. The fourth-order valence-electron chi connectivity index (χ4n) is 2.40. The van der Waals surface area contributed by atoms with Crippen molar-refractivity contribution in [2.75, 3.05) is 12.4 Å². The van der Waals surface area contributed by atoms with E-state index in [0.29, 0.717) is 12.3 Å². The number of carboxylic acid groups (broad SMARTS) is 1. The molecule has 0 fully saturated rings. The van der Waals surface area contributed by atoms with Crippen LogP contribution < -0.4 is 10.1 Å². The number of hydrogen-bond acceptors (Lipinski definition) is 4. The van der Waals surface area contributed by atoms with Crippen LogP contribution in [-0.2, 0) is 17.6 Å². The molecule has 2 N–H and O–H groups in total. The van der Waals surface area contributed by atoms with Crippen LogP contribution in [0.25, 0.3) is 0 Å². The Morgan fingerprint density at radius 2 is 2.09 bits per heavy atom. The number of carbonyl (C=O) groups is 1. The Morgan fingerprint density at radius 1 is 1.30 bits per heavy atom. The zero-order valence-electron chi connectivity index (χ0n) is 13.5. The van der Waals surface area contributed by atoms with Crippen molar-refractivity contribution in [1.82, 2.24) is 4.98 Å². The second kappa shape index (κ2) is 8.17. The number of methoxy groups -OCH3 is 1. The molecule has 0 aliphatic heterocycles. The van der Waals surface area contributed by atoms with E-state index in [4.69, 9.17) is 9.84 Å². The molecule has 122 valence electrons. The van der Waals surface area contributed by atoms with Crippen LogP contribution >= 0.6 is 0 Å². The molecule has 2 rings (SSSR count). The van der Waals surface area contributed by atoms with Gasteiger partial charge >= 0.3 is 5.97 Å². The molecular weight excluding hydrogens is 292 g/mol. The van der Waals surface area contributed by atoms with Gasteiger partial charge < -0.3 is 15.2 Å². The lowest BCUT2D eigenvalue weighted by atomic mass is 10.1. The first-order chi connectivity index (χ1) is 11.1. The first-order valence-corrected chi connectivity index (χ1v) is 7.64. The molecule has 5 heteroatoms. The summed E-state index contributed by atoms with van der Waals surface area (Å²) < 4.78 is 5.14. The van der Waals surface area contributed by atoms with E-state index in [1.165, 1.54) is 0 Å². The summed E-state index contributed by atoms with van der Waals surface area (Å²) in [5, 5.41) is 12.2. The first-order valence-electron chi connectivity index (χ1n) is 7.64. The quantitative estimate of drug-likeness (QED) is 0.783. The normalized spacial score (nSPS) is 11.7. The summed E-state index contributed by atoms with van der Waals surface area (Å²) in [4.78, 5) is 15.1. The highest BCUT2D eigenvalue weighted by Crippen LogP contribution is 2.15. The smallest absolute Gasteiger partial charge is 0.303 e. The highest BCUT2D eigenvalue weighted by molar-refractivity contribution is 5.67. The molecule has 0 bridgehead atoms. The molecule has 0 aliphatic rings. The molecule has 2 aromatic rings. The maximum atomic E-state index is 10.7. The van der Waals surface area contributed by atoms with Crippen LogP contribution in [0.3, 0.4) is 0 Å². The number of nitrogens with one attached hydrogen (secondary N) is 1. The second-order valence-corrected chi connectivity index (χ2v) is 5.51. The zero-order valence-corrected chi connectivity index (χ0v) is 13.5. The number of hydrogen-bond donors (Lipinski definition) is 2. The van der Waals surface area contributed by atoms with Crippen LogP contribution in [0.4, 0.5) is 5.69 Å². The number of carboxylic acids is 1. The maximum absolute atomic E-state index is 10.7. The maximum Gasteiger partial charge on any atom is 0.303 e. The topological polar surface area (TPSA) is 71.5 Å². The van der Waals surface area contributed by atoms with Crippen LogP contribution in [0.1, 0.15) is 24.6 Å². The lowest BCUT2D eigenvalue weighted by Crippen LogP contribution is -2.18. The van der Waals surface area contributed by atoms with Crippen LogP contribution in [-0.4, -0.2) is 29.2 Å². The van der Waals surface area contributed by atoms with Gasteiger partial charge in [0.2, 0.25) is 5.88 Å². The van der Waals surface area contributed by atoms with Crippen LogP contribution in [0, 0.1) is 0 Å². The van der Waals surface area contributed by atoms with E-state index in [-0.39, 0.29) is 12.5 Å². The third-order valence-electron chi connectivity index (χ3n) is 3.47. The average Bonchev–Trinajstić information content (AvgIpc) is 2.53. The first kappa shape index (κ1) is 16.8. The Labute approximate surface area is 136 Å². The average molecular weight is 314 g/mol. The number of pyridine rings is 1. The zero-order chi connectivity index (χ0) is 16.7. The van der Waals surface area contributed by atoms with Crippen molar-refractivity contribution in [2.24, 2.45) is 0 Å². The van der Waals surface area contributed by atoms with E-state index in [1.54, 1.807) is 7.11 Å². The Morgan fingerprint density at radius 3 is 2.83 bits per heavy atom. The molecule has 0 saturated heterocycles. The van der Waals surface area contributed by atoms with Gasteiger partial charge in [-0.05, 0) is 37.1 Å². The van der Waals surface area contributed by atoms with Gasteiger partial charge in [0, 0.05) is 36.3 Å². The molecule has 1 heterocycles. The number of benzene rings is 1. The van der Waals surface area contributed by atoms with Gasteiger partial charge in [0.05, 0.1) is 7.11 Å². The van der Waals surface area contributed by atoms with Crippen molar-refractivity contribution in [3.63, 3.8) is 0 Å². The third kappa shape index (κ3) is 5.62. The van der Waals surface area contributed by atoms with Crippen molar-refractivity contribution in [1.29, 1.82) is 0 Å². The van der Waals surface area contributed by atoms with Gasteiger partial charge in [-0.1, -0.05) is 18.2 Å². The van der Waals surface area contributed by atoms with E-state index in [0.717, 1.165) is 23.4 Å². The number of anilines is 1. The summed E-state index contributed by atoms with van der Waals surface area (Å²) in [6.45, 7) is 2.09. The fraction of sp³-hybridized carbons (Fsp3) is 0.333. The molecule has 0 saturated carbocycles. The molecule has 5 nitrogen and oxygen atoms in total. The van der Waals surface area contributed by atoms with Crippen molar-refractivity contribution < 1.29 is 14.6 Å². The minimum Gasteiger partial charge on any atom is -0.481 e. The molecule has 23 heavy (non-hydrogen) atoms. The number of aromatic nitrogens is 1. The molecule has 1 unspecified atom stereocenters. The Kier molecular flexibility index (Phi) is 5.97. The molecule has 1 atom stereocenters. The van der Waals surface area contributed by atoms with Crippen molar-refractivity contribution in [3.8, 4) is 5.88 Å². The minimum atomic E-state index is -0.777. The second-order valence-electron chi connectivity index (χ2n) is 5.51. The third-order valence-corrected chi connectivity index (χ3v) is 3.47. The van der Waals surface area contributed by atoms with E-state index in [1.807, 2.05) is 42.5 Å². The minimum absolute atomic E-state index is 0.146. The Balaban J connectivity index is 1.95. The summed E-state index contributed by atoms with van der Waals surface area (Å²) in [6.07, 6.45) is 1.46. The standard InChI is InChI=1S/C18H22N2O3/c1-13(11-15-7-4-8-17(20-15)23-2)19-16-6-3-5-14(12-16)9-10-18(21)22/h3-8,12-13,19H,9-11H2,1-2H3,(H,21,22). The predicted molar refractivity (Wildman–Crippen MR) is 90.0 cm³/mol. The Hall–Kier alpha value is -2.56. The van der Waals surface area contributed by atoms with Crippen molar-refractivity contribution in [3.05, 3.63) is 53.7 Å². The van der Waals surface area contributed by atoms with E-state index >= 15 is 0 Å². The fourth-order valence-corrected chi connectivity index (χ4v) is 2.40. The number of aliphatic carboxylic acids is 1. The molecule has 0 aliphatic carbocycles. The number of aryl methyl sites for hydroxylation is 1. The monoisotopic (exact) mass is 314 g/mol. The lowest BCUT2D eigenvalue weighted by Gasteiger charge is -2.16. The summed E-state index contributed by atoms with van der Waals surface area (Å²) in [7, 11) is 1.61. The Bertz CT molecular complexity index is 658. The van der Waals surface area contributed by atoms with E-state index in [2.05, 4.69) is 17.2 Å². The molecule has 0 spiro atoms. The predicted octanol–water partition coefficient (Wildman–Crippen LogP) is 3.15. The van der Waals surface area contributed by atoms with Crippen LogP contribution in [0.15, 0.2) is 42.5 Å². The molecular formula is C18H22N2O3. The van der Waals surface area contributed by atoms with Gasteiger partial charge in [0.1, 0.15) is 0 Å². The molecule has 0 amide bonds. The van der Waals surface area contributed by atoms with Gasteiger partial charge in [-0.3, -0.25) is 4.79 Å². The van der Waals surface area contributed by atoms with Gasteiger partial charge in [-0.25, -0.2) is 4.98 Å². The van der Waals surface area contributed by atoms with E-state index in [9.17, 15) is 4.79 Å². The highest BCUT2D eigenvalue weighted by atomic mass is 16.5. The highest BCUT2D eigenvalue weighted by Gasteiger charge is 2.07. The van der Waals surface area contributed by atoms with Gasteiger partial charge in [-0.15, -0.1) is 0 Å². The summed E-state index contributed by atoms with van der Waals surface area (Å²) >= 11 is 0. The number of rotatable bonds is 8. The summed E-state index contributed by atoms with van der Waals surface area (Å²) in [6, 6.07) is 13.8. The summed E-state index contributed by atoms with van der Waals surface area (Å²) in [5.74, 6) is -0.161. The summed E-state index contributed by atoms with van der Waals surface area (Å²) in [5.41, 5.74) is 2.97. The lowest BCUT2D eigenvalue weighted by molar-refractivity contribution is -0.136. The van der Waals surface area contributed by atoms with Gasteiger partial charge in [0.25, 0.3) is 0 Å². The SMILES string of the molecule is COc1cccc(CC(C)Nc2cccc(CCC(=O)O)c2)n1. The van der Waals surface area contributed by atoms with Crippen molar-refractivity contribution in [2.45, 2.75) is 32.2 Å². The van der Waals surface area contributed by atoms with Gasteiger partial charge in [-0.2, -0.15) is 0 Å². The molecule has 1 aromatic heterocycles. The number of ether oxygens (including phenoxy) is 1.